The fourth-order valence-electron chi connectivity index (χ4n) is 3.08. The number of hydrogen-bond acceptors (Lipinski definition) is 2. The van der Waals surface area contributed by atoms with Crippen molar-refractivity contribution >= 4 is 45.5 Å². The van der Waals surface area contributed by atoms with E-state index in [0.29, 0.717) is 5.92 Å². The Balaban J connectivity index is 1.71. The normalized spacial score (nSPS) is 15.7. The maximum atomic E-state index is 12.4. The first-order valence-corrected chi connectivity index (χ1v) is 9.74. The summed E-state index contributed by atoms with van der Waals surface area (Å²) in [7, 11) is 0. The largest absolute Gasteiger partial charge is 0.322 e. The molecular weight excluding hydrogens is 405 g/mol. The lowest BCUT2D eigenvalue weighted by Crippen LogP contribution is -2.11. The number of halogens is 1. The van der Waals surface area contributed by atoms with Crippen molar-refractivity contribution < 1.29 is 4.79 Å². The van der Waals surface area contributed by atoms with Crippen LogP contribution in [-0.2, 0) is 0 Å². The van der Waals surface area contributed by atoms with Crippen LogP contribution in [0.15, 0.2) is 29.6 Å². The van der Waals surface area contributed by atoms with Gasteiger partial charge in [0.15, 0.2) is 0 Å². The lowest BCUT2D eigenvalue weighted by Gasteiger charge is -2.19. The Bertz CT molecular complexity index is 653. The molecule has 0 aliphatic heterocycles. The predicted molar refractivity (Wildman–Crippen MR) is 102 cm³/mol. The summed E-state index contributed by atoms with van der Waals surface area (Å²) >= 11 is 4.02. The van der Waals surface area contributed by atoms with Crippen molar-refractivity contribution in [2.24, 2.45) is 0 Å². The van der Waals surface area contributed by atoms with Crippen LogP contribution < -0.4 is 5.32 Å². The molecule has 1 saturated carbocycles. The maximum absolute atomic E-state index is 12.4. The van der Waals surface area contributed by atoms with E-state index >= 15 is 0 Å². The fourth-order valence-corrected chi connectivity index (χ4v) is 4.97. The summed E-state index contributed by atoms with van der Waals surface area (Å²) in [6, 6.07) is 8.20. The summed E-state index contributed by atoms with van der Waals surface area (Å²) in [5, 5.41) is 5.02. The van der Waals surface area contributed by atoms with Gasteiger partial charge >= 0.3 is 0 Å². The number of benzene rings is 1. The molecule has 0 spiro atoms. The number of carbonyl (C=O) groups excluding carboxylic acids is 1. The third-order valence-corrected chi connectivity index (χ3v) is 5.91. The average molecular weight is 425 g/mol. The molecule has 1 N–H and O–H groups in total. The van der Waals surface area contributed by atoms with E-state index < -0.39 is 0 Å². The Hall–Kier alpha value is -0.880. The zero-order valence-electron chi connectivity index (χ0n) is 12.7. The van der Waals surface area contributed by atoms with Crippen LogP contribution in [0.5, 0.6) is 0 Å². The first-order chi connectivity index (χ1) is 10.6. The highest BCUT2D eigenvalue weighted by Gasteiger charge is 2.19. The van der Waals surface area contributed by atoms with E-state index in [2.05, 4.69) is 40.0 Å². The first kappa shape index (κ1) is 16.0. The van der Waals surface area contributed by atoms with E-state index in [1.54, 1.807) is 11.3 Å². The van der Waals surface area contributed by atoms with Gasteiger partial charge in [0.05, 0.1) is 5.56 Å². The van der Waals surface area contributed by atoms with Crippen molar-refractivity contribution in [3.63, 3.8) is 0 Å². The highest BCUT2D eigenvalue weighted by molar-refractivity contribution is 14.1. The molecule has 116 valence electrons. The Morgan fingerprint density at radius 2 is 1.95 bits per heavy atom. The fraction of sp³-hybridized carbons (Fsp3) is 0.389. The van der Waals surface area contributed by atoms with Crippen LogP contribution in [0.4, 0.5) is 5.69 Å². The van der Waals surface area contributed by atoms with Gasteiger partial charge in [0.25, 0.3) is 5.91 Å². The van der Waals surface area contributed by atoms with Gasteiger partial charge in [0, 0.05) is 19.5 Å². The number of aryl methyl sites for hydroxylation is 1. The van der Waals surface area contributed by atoms with Crippen LogP contribution in [0.25, 0.3) is 0 Å². The minimum atomic E-state index is -0.000269. The van der Waals surface area contributed by atoms with Crippen LogP contribution >= 0.6 is 33.9 Å². The summed E-state index contributed by atoms with van der Waals surface area (Å²) in [5.41, 5.74) is 2.83. The van der Waals surface area contributed by atoms with Gasteiger partial charge < -0.3 is 5.32 Å². The second-order valence-electron chi connectivity index (χ2n) is 6.04. The topological polar surface area (TPSA) is 29.1 Å². The molecule has 2 aromatic rings. The minimum Gasteiger partial charge on any atom is -0.322 e. The second kappa shape index (κ2) is 7.13. The lowest BCUT2D eigenvalue weighted by molar-refractivity contribution is 0.102. The molecule has 1 aliphatic carbocycles. The monoisotopic (exact) mass is 425 g/mol. The molecule has 0 atom stereocenters. The standard InChI is InChI=1S/C18H20INOS/c1-12-7-15(19)10-16(8-12)20-18(21)14-9-17(22-11-14)13-5-3-2-4-6-13/h7-11,13H,2-6H2,1H3,(H,20,21). The Labute approximate surface area is 149 Å². The molecular formula is C18H20INOS. The van der Waals surface area contributed by atoms with Crippen molar-refractivity contribution in [2.45, 2.75) is 44.9 Å². The third-order valence-electron chi connectivity index (χ3n) is 4.19. The van der Waals surface area contributed by atoms with E-state index in [0.717, 1.165) is 20.4 Å². The Morgan fingerprint density at radius 3 is 2.68 bits per heavy atom. The van der Waals surface area contributed by atoms with Gasteiger partial charge in [0.1, 0.15) is 0 Å². The number of anilines is 1. The number of amides is 1. The van der Waals surface area contributed by atoms with Crippen molar-refractivity contribution in [3.8, 4) is 0 Å². The molecule has 0 unspecified atom stereocenters. The van der Waals surface area contributed by atoms with Gasteiger partial charge in [0.2, 0.25) is 0 Å². The summed E-state index contributed by atoms with van der Waals surface area (Å²) in [6.45, 7) is 2.05. The number of carbonyl (C=O) groups is 1. The summed E-state index contributed by atoms with van der Waals surface area (Å²) < 4.78 is 1.14. The maximum Gasteiger partial charge on any atom is 0.256 e. The molecule has 1 amide bonds. The molecule has 1 aromatic heterocycles. The smallest absolute Gasteiger partial charge is 0.256 e. The highest BCUT2D eigenvalue weighted by atomic mass is 127. The molecule has 2 nitrogen and oxygen atoms in total. The quantitative estimate of drug-likeness (QED) is 0.604. The van der Waals surface area contributed by atoms with Crippen LogP contribution in [0.2, 0.25) is 0 Å². The van der Waals surface area contributed by atoms with Crippen LogP contribution in [0.1, 0.15) is 58.8 Å². The highest BCUT2D eigenvalue weighted by Crippen LogP contribution is 2.36. The van der Waals surface area contributed by atoms with Gasteiger partial charge in [-0.2, -0.15) is 0 Å². The Morgan fingerprint density at radius 1 is 1.18 bits per heavy atom. The number of hydrogen-bond donors (Lipinski definition) is 1. The molecule has 1 heterocycles. The molecule has 1 fully saturated rings. The Kier molecular flexibility index (Phi) is 5.18. The minimum absolute atomic E-state index is 0.000269. The molecule has 0 bridgehead atoms. The van der Waals surface area contributed by atoms with Crippen LogP contribution in [-0.4, -0.2) is 5.91 Å². The van der Waals surface area contributed by atoms with E-state index in [1.165, 1.54) is 37.0 Å². The molecule has 1 aliphatic rings. The van der Waals surface area contributed by atoms with Gasteiger partial charge in [-0.15, -0.1) is 11.3 Å². The average Bonchev–Trinajstić information content (AvgIpc) is 2.97. The third kappa shape index (κ3) is 3.90. The molecule has 4 heteroatoms. The van der Waals surface area contributed by atoms with E-state index in [9.17, 15) is 4.79 Å². The first-order valence-electron chi connectivity index (χ1n) is 7.79. The van der Waals surface area contributed by atoms with Crippen molar-refractivity contribution in [1.29, 1.82) is 0 Å². The summed E-state index contributed by atoms with van der Waals surface area (Å²) in [6.07, 6.45) is 6.56. The van der Waals surface area contributed by atoms with Gasteiger partial charge in [-0.1, -0.05) is 19.3 Å². The van der Waals surface area contributed by atoms with Crippen molar-refractivity contribution in [2.75, 3.05) is 5.32 Å². The van der Waals surface area contributed by atoms with Crippen LogP contribution in [0, 0.1) is 10.5 Å². The molecule has 0 saturated heterocycles. The van der Waals surface area contributed by atoms with Crippen molar-refractivity contribution in [1.82, 2.24) is 0 Å². The lowest BCUT2D eigenvalue weighted by atomic mass is 9.88. The predicted octanol–water partition coefficient (Wildman–Crippen LogP) is 5.96. The van der Waals surface area contributed by atoms with E-state index in [4.69, 9.17) is 0 Å². The number of rotatable bonds is 3. The van der Waals surface area contributed by atoms with Crippen molar-refractivity contribution in [3.05, 3.63) is 49.2 Å². The zero-order chi connectivity index (χ0) is 15.5. The molecule has 0 radical (unpaired) electrons. The molecule has 22 heavy (non-hydrogen) atoms. The number of thiophene rings is 1. The SMILES string of the molecule is Cc1cc(I)cc(NC(=O)c2csc(C3CCCCC3)c2)c1. The van der Waals surface area contributed by atoms with Gasteiger partial charge in [-0.25, -0.2) is 0 Å². The summed E-state index contributed by atoms with van der Waals surface area (Å²) in [4.78, 5) is 13.8. The van der Waals surface area contributed by atoms with E-state index in [1.807, 2.05) is 24.4 Å². The molecule has 1 aromatic carbocycles. The van der Waals surface area contributed by atoms with Gasteiger partial charge in [-0.05, 0) is 78.1 Å². The van der Waals surface area contributed by atoms with Crippen LogP contribution in [0.3, 0.4) is 0 Å². The second-order valence-corrected chi connectivity index (χ2v) is 8.23. The zero-order valence-corrected chi connectivity index (χ0v) is 15.7. The number of nitrogens with one attached hydrogen (secondary N) is 1. The summed E-state index contributed by atoms with van der Waals surface area (Å²) in [5.74, 6) is 0.667. The van der Waals surface area contributed by atoms with Gasteiger partial charge in [-0.3, -0.25) is 4.79 Å². The molecule has 3 rings (SSSR count). The van der Waals surface area contributed by atoms with E-state index in [-0.39, 0.29) is 5.91 Å².